The maximum Gasteiger partial charge on any atom is 0.222 e. The number of primary amides is 1. The Balaban J connectivity index is 1.92. The summed E-state index contributed by atoms with van der Waals surface area (Å²) in [7, 11) is 4.81. The fourth-order valence-corrected chi connectivity index (χ4v) is 2.80. The molecule has 1 amide bonds. The number of carbonyl (C=O) groups excluding carboxylic acids is 1. The van der Waals surface area contributed by atoms with Crippen LogP contribution in [0.25, 0.3) is 0 Å². The van der Waals surface area contributed by atoms with Crippen LogP contribution in [0.2, 0.25) is 0 Å². The van der Waals surface area contributed by atoms with E-state index in [9.17, 15) is 9.18 Å². The minimum Gasteiger partial charge on any atom is -0.493 e. The van der Waals surface area contributed by atoms with Crippen molar-refractivity contribution < 1.29 is 18.7 Å². The third-order valence-corrected chi connectivity index (χ3v) is 4.45. The first-order valence-electron chi connectivity index (χ1n) is 9.16. The Kier molecular flexibility index (Phi) is 8.27. The number of halogens is 1. The topological polar surface area (TPSA) is 98.0 Å². The van der Waals surface area contributed by atoms with Crippen molar-refractivity contribution in [2.24, 2.45) is 16.6 Å². The molecule has 0 radical (unpaired) electrons. The number of amides is 1. The second kappa shape index (κ2) is 10.9. The Labute approximate surface area is 170 Å². The van der Waals surface area contributed by atoms with E-state index in [1.807, 2.05) is 18.2 Å². The minimum atomic E-state index is -0.458. The Morgan fingerprint density at radius 3 is 2.31 bits per heavy atom. The van der Waals surface area contributed by atoms with Gasteiger partial charge in [0, 0.05) is 20.1 Å². The van der Waals surface area contributed by atoms with Gasteiger partial charge >= 0.3 is 0 Å². The highest BCUT2D eigenvalue weighted by Crippen LogP contribution is 2.27. The molecule has 1 atom stereocenters. The van der Waals surface area contributed by atoms with Crippen molar-refractivity contribution in [1.29, 1.82) is 0 Å². The van der Waals surface area contributed by atoms with Gasteiger partial charge < -0.3 is 25.8 Å². The fraction of sp³-hybridized carbons (Fsp3) is 0.333. The van der Waals surface area contributed by atoms with Crippen molar-refractivity contribution >= 4 is 11.9 Å². The zero-order chi connectivity index (χ0) is 21.2. The van der Waals surface area contributed by atoms with Crippen LogP contribution in [0.15, 0.2) is 47.5 Å². The number of hydrogen-bond donors (Lipinski definition) is 3. The molecule has 7 nitrogen and oxygen atoms in total. The number of benzene rings is 2. The van der Waals surface area contributed by atoms with E-state index in [1.165, 1.54) is 12.1 Å². The molecule has 0 fully saturated rings. The van der Waals surface area contributed by atoms with Crippen LogP contribution in [0.3, 0.4) is 0 Å². The summed E-state index contributed by atoms with van der Waals surface area (Å²) in [6, 6.07) is 11.7. The summed E-state index contributed by atoms with van der Waals surface area (Å²) >= 11 is 0. The molecule has 0 heterocycles. The maximum atomic E-state index is 13.1. The quantitative estimate of drug-likeness (QED) is 0.439. The number of nitrogens with zero attached hydrogens (tertiary/aromatic N) is 1. The third-order valence-electron chi connectivity index (χ3n) is 4.45. The first-order chi connectivity index (χ1) is 14.0. The average Bonchev–Trinajstić information content (AvgIpc) is 2.73. The van der Waals surface area contributed by atoms with Gasteiger partial charge in [0.15, 0.2) is 17.5 Å². The molecule has 1 unspecified atom stereocenters. The van der Waals surface area contributed by atoms with Gasteiger partial charge in [-0.15, -0.1) is 0 Å². The monoisotopic (exact) mass is 402 g/mol. The van der Waals surface area contributed by atoms with E-state index < -0.39 is 11.8 Å². The summed E-state index contributed by atoms with van der Waals surface area (Å²) in [5.74, 6) is 0.622. The van der Waals surface area contributed by atoms with E-state index in [0.29, 0.717) is 37.0 Å². The highest BCUT2D eigenvalue weighted by Gasteiger charge is 2.17. The maximum absolute atomic E-state index is 13.1. The predicted octanol–water partition coefficient (Wildman–Crippen LogP) is 1.85. The number of ether oxygens (including phenoxy) is 2. The highest BCUT2D eigenvalue weighted by molar-refractivity contribution is 5.81. The minimum absolute atomic E-state index is 0.304. The lowest BCUT2D eigenvalue weighted by Gasteiger charge is -2.17. The molecule has 8 heteroatoms. The number of aliphatic imine (C=N–C) groups is 1. The number of methoxy groups -OCH3 is 2. The van der Waals surface area contributed by atoms with Gasteiger partial charge in [0.1, 0.15) is 5.82 Å². The van der Waals surface area contributed by atoms with Gasteiger partial charge in [-0.3, -0.25) is 9.79 Å². The van der Waals surface area contributed by atoms with Crippen LogP contribution in [-0.4, -0.2) is 39.7 Å². The van der Waals surface area contributed by atoms with Crippen molar-refractivity contribution in [3.05, 3.63) is 59.4 Å². The molecule has 0 bridgehead atoms. The van der Waals surface area contributed by atoms with E-state index in [2.05, 4.69) is 15.6 Å². The molecule has 2 aromatic carbocycles. The van der Waals surface area contributed by atoms with Crippen molar-refractivity contribution in [3.8, 4) is 11.5 Å². The second-order valence-corrected chi connectivity index (χ2v) is 6.43. The molecule has 0 saturated heterocycles. The Morgan fingerprint density at radius 2 is 1.72 bits per heavy atom. The molecule has 0 aliphatic heterocycles. The van der Waals surface area contributed by atoms with E-state index in [0.717, 1.165) is 11.1 Å². The van der Waals surface area contributed by atoms with Crippen molar-refractivity contribution in [2.75, 3.05) is 27.8 Å². The van der Waals surface area contributed by atoms with E-state index >= 15 is 0 Å². The molecule has 0 aromatic heterocycles. The Bertz CT molecular complexity index is 840. The number of rotatable bonds is 9. The van der Waals surface area contributed by atoms with Crippen LogP contribution in [0.1, 0.15) is 11.1 Å². The van der Waals surface area contributed by atoms with E-state index in [-0.39, 0.29) is 5.82 Å². The summed E-state index contributed by atoms with van der Waals surface area (Å²) in [4.78, 5) is 16.0. The van der Waals surface area contributed by atoms with Gasteiger partial charge in [0.2, 0.25) is 5.91 Å². The van der Waals surface area contributed by atoms with Crippen LogP contribution in [0.5, 0.6) is 11.5 Å². The Hall–Kier alpha value is -3.29. The number of guanidine groups is 1. The number of nitrogens with one attached hydrogen (secondary N) is 2. The van der Waals surface area contributed by atoms with Crippen molar-refractivity contribution in [1.82, 2.24) is 10.6 Å². The van der Waals surface area contributed by atoms with Gasteiger partial charge in [0.25, 0.3) is 0 Å². The normalized spacial score (nSPS) is 12.2. The van der Waals surface area contributed by atoms with Crippen molar-refractivity contribution in [3.63, 3.8) is 0 Å². The lowest BCUT2D eigenvalue weighted by atomic mass is 9.98. The van der Waals surface area contributed by atoms with E-state index in [4.69, 9.17) is 15.2 Å². The first kappa shape index (κ1) is 22.0. The lowest BCUT2D eigenvalue weighted by molar-refractivity contribution is -0.121. The number of carbonyl (C=O) groups is 1. The van der Waals surface area contributed by atoms with Gasteiger partial charge in [-0.25, -0.2) is 4.39 Å². The van der Waals surface area contributed by atoms with Gasteiger partial charge in [-0.2, -0.15) is 0 Å². The predicted molar refractivity (Wildman–Crippen MR) is 111 cm³/mol. The molecule has 29 heavy (non-hydrogen) atoms. The van der Waals surface area contributed by atoms with Crippen LogP contribution in [0, 0.1) is 11.7 Å². The highest BCUT2D eigenvalue weighted by atomic mass is 19.1. The molecule has 2 aromatic rings. The molecule has 156 valence electrons. The molecule has 0 aliphatic rings. The SMILES string of the molecule is CN=C(NCc1ccc(OC)c(OC)c1)NCC(Cc1ccc(F)cc1)C(N)=O. The standard InChI is InChI=1S/C21H27FN4O3/c1-24-21(25-12-15-6-9-18(28-2)19(11-15)29-3)26-13-16(20(23)27)10-14-4-7-17(22)8-5-14/h4-9,11,16H,10,12-13H2,1-3H3,(H2,23,27)(H2,24,25,26). The van der Waals surface area contributed by atoms with Crippen LogP contribution in [-0.2, 0) is 17.8 Å². The van der Waals surface area contributed by atoms with Crippen molar-refractivity contribution in [2.45, 2.75) is 13.0 Å². The summed E-state index contributed by atoms with van der Waals surface area (Å²) in [5.41, 5.74) is 7.34. The molecular formula is C21H27FN4O3. The summed E-state index contributed by atoms with van der Waals surface area (Å²) < 4.78 is 23.6. The summed E-state index contributed by atoms with van der Waals surface area (Å²) in [6.07, 6.45) is 0.412. The molecule has 2 rings (SSSR count). The molecule has 0 saturated carbocycles. The van der Waals surface area contributed by atoms with Crippen LogP contribution < -0.4 is 25.8 Å². The zero-order valence-electron chi connectivity index (χ0n) is 16.9. The third kappa shape index (κ3) is 6.67. The molecule has 0 spiro atoms. The smallest absolute Gasteiger partial charge is 0.222 e. The molecule has 0 aliphatic carbocycles. The fourth-order valence-electron chi connectivity index (χ4n) is 2.80. The second-order valence-electron chi connectivity index (χ2n) is 6.43. The summed E-state index contributed by atoms with van der Waals surface area (Å²) in [6.45, 7) is 0.803. The average molecular weight is 402 g/mol. The Morgan fingerprint density at radius 1 is 1.07 bits per heavy atom. The molecular weight excluding hydrogens is 375 g/mol. The van der Waals surface area contributed by atoms with Gasteiger partial charge in [0.05, 0.1) is 20.1 Å². The number of hydrogen-bond acceptors (Lipinski definition) is 4. The van der Waals surface area contributed by atoms with Crippen LogP contribution in [0.4, 0.5) is 4.39 Å². The number of nitrogens with two attached hydrogens (primary N) is 1. The van der Waals surface area contributed by atoms with Gasteiger partial charge in [-0.1, -0.05) is 18.2 Å². The van der Waals surface area contributed by atoms with E-state index in [1.54, 1.807) is 33.4 Å². The van der Waals surface area contributed by atoms with Gasteiger partial charge in [-0.05, 0) is 41.8 Å². The lowest BCUT2D eigenvalue weighted by Crippen LogP contribution is -2.42. The van der Waals surface area contributed by atoms with Crippen LogP contribution >= 0.6 is 0 Å². The first-order valence-corrected chi connectivity index (χ1v) is 9.16. The summed E-state index contributed by atoms with van der Waals surface area (Å²) in [5, 5.41) is 6.29. The molecule has 4 N–H and O–H groups in total. The largest absolute Gasteiger partial charge is 0.493 e. The zero-order valence-corrected chi connectivity index (χ0v) is 16.9.